The number of aromatic nitrogens is 2. The molecule has 0 saturated heterocycles. The summed E-state index contributed by atoms with van der Waals surface area (Å²) in [4.78, 5) is 23.5. The molecule has 3 aromatic carbocycles. The first-order valence-corrected chi connectivity index (χ1v) is 10.9. The summed E-state index contributed by atoms with van der Waals surface area (Å²) in [5.74, 6) is -0.628. The maximum absolute atomic E-state index is 13.6. The molecular formula is C26H20ClFN6O. The molecule has 1 amide bonds. The van der Waals surface area contributed by atoms with Crippen LogP contribution in [0.25, 0.3) is 17.0 Å². The van der Waals surface area contributed by atoms with Crippen LogP contribution < -0.4 is 15.5 Å². The molecule has 1 aromatic heterocycles. The molecule has 0 bridgehead atoms. The monoisotopic (exact) mass is 486 g/mol. The summed E-state index contributed by atoms with van der Waals surface area (Å²) in [6.45, 7) is 0. The number of nitrogens with one attached hydrogen (secondary N) is 2. The molecule has 0 aliphatic heterocycles. The predicted octanol–water partition coefficient (Wildman–Crippen LogP) is 5.78. The van der Waals surface area contributed by atoms with Crippen molar-refractivity contribution in [3.63, 3.8) is 0 Å². The molecule has 174 valence electrons. The fourth-order valence-corrected chi connectivity index (χ4v) is 3.61. The summed E-state index contributed by atoms with van der Waals surface area (Å²) < 4.78 is 13.6. The molecule has 0 aliphatic rings. The topological polar surface area (TPSA) is 93.9 Å². The van der Waals surface area contributed by atoms with E-state index in [1.54, 1.807) is 12.1 Å². The quantitative estimate of drug-likeness (QED) is 0.265. The molecule has 0 fully saturated rings. The third-order valence-electron chi connectivity index (χ3n) is 5.14. The van der Waals surface area contributed by atoms with Gasteiger partial charge in [-0.15, -0.1) is 0 Å². The normalized spacial score (nSPS) is 11.1. The van der Waals surface area contributed by atoms with Gasteiger partial charge in [-0.25, -0.2) is 14.4 Å². The Morgan fingerprint density at radius 3 is 2.57 bits per heavy atom. The lowest BCUT2D eigenvalue weighted by Gasteiger charge is -2.19. The Hall–Kier alpha value is -4.48. The molecule has 0 spiro atoms. The summed E-state index contributed by atoms with van der Waals surface area (Å²) >= 11 is 5.91. The van der Waals surface area contributed by atoms with Crippen molar-refractivity contribution in [1.29, 1.82) is 5.26 Å². The first-order chi connectivity index (χ1) is 16.9. The van der Waals surface area contributed by atoms with Crippen molar-refractivity contribution in [2.75, 3.05) is 29.6 Å². The van der Waals surface area contributed by atoms with E-state index in [-0.39, 0.29) is 10.6 Å². The van der Waals surface area contributed by atoms with Gasteiger partial charge in [-0.2, -0.15) is 5.26 Å². The highest BCUT2D eigenvalue weighted by Crippen LogP contribution is 2.34. The van der Waals surface area contributed by atoms with Crippen LogP contribution in [0.2, 0.25) is 5.02 Å². The molecule has 0 saturated carbocycles. The van der Waals surface area contributed by atoms with Gasteiger partial charge in [-0.05, 0) is 42.0 Å². The lowest BCUT2D eigenvalue weighted by atomic mass is 10.1. The Balaban J connectivity index is 1.73. The van der Waals surface area contributed by atoms with Crippen molar-refractivity contribution in [1.82, 2.24) is 9.97 Å². The smallest absolute Gasteiger partial charge is 0.266 e. The SMILES string of the molecule is CN(C)c1cc2ncnc(Nc3ccc(F)c(Cl)c3)c2cc1NC(=O)C(C#N)=Cc1ccccc1. The van der Waals surface area contributed by atoms with Crippen LogP contribution in [0.5, 0.6) is 0 Å². The first kappa shape index (κ1) is 23.7. The molecule has 0 aliphatic carbocycles. The Labute approximate surface area is 206 Å². The Bertz CT molecular complexity index is 1480. The molecule has 0 unspecified atom stereocenters. The van der Waals surface area contributed by atoms with E-state index < -0.39 is 11.7 Å². The van der Waals surface area contributed by atoms with E-state index in [1.165, 1.54) is 24.5 Å². The summed E-state index contributed by atoms with van der Waals surface area (Å²) in [5, 5.41) is 16.1. The largest absolute Gasteiger partial charge is 0.376 e. The van der Waals surface area contributed by atoms with Crippen LogP contribution in [-0.4, -0.2) is 30.0 Å². The summed E-state index contributed by atoms with van der Waals surface area (Å²) in [7, 11) is 3.67. The second kappa shape index (κ2) is 10.2. The van der Waals surface area contributed by atoms with Gasteiger partial charge in [0.15, 0.2) is 0 Å². The third kappa shape index (κ3) is 5.37. The Morgan fingerprint density at radius 1 is 1.11 bits per heavy atom. The van der Waals surface area contributed by atoms with Gasteiger partial charge in [-0.3, -0.25) is 4.79 Å². The standard InChI is InChI=1S/C26H20ClFN6O/c1-34(2)24-13-22-19(25(31-15-30-22)32-18-8-9-21(28)20(27)11-18)12-23(24)33-26(35)17(14-29)10-16-6-4-3-5-7-16/h3-13,15H,1-2H3,(H,33,35)(H,30,31,32). The van der Waals surface area contributed by atoms with E-state index in [0.717, 1.165) is 5.56 Å². The maximum Gasteiger partial charge on any atom is 0.266 e. The zero-order valence-electron chi connectivity index (χ0n) is 18.9. The highest BCUT2D eigenvalue weighted by Gasteiger charge is 2.16. The van der Waals surface area contributed by atoms with Crippen LogP contribution in [0.4, 0.5) is 27.3 Å². The second-order valence-electron chi connectivity index (χ2n) is 7.79. The lowest BCUT2D eigenvalue weighted by molar-refractivity contribution is -0.112. The van der Waals surface area contributed by atoms with Crippen molar-refractivity contribution in [3.8, 4) is 6.07 Å². The first-order valence-electron chi connectivity index (χ1n) is 10.5. The number of carbonyl (C=O) groups excluding carboxylic acids is 1. The summed E-state index contributed by atoms with van der Waals surface area (Å²) in [5.41, 5.74) is 3.02. The van der Waals surface area contributed by atoms with Crippen molar-refractivity contribution < 1.29 is 9.18 Å². The summed E-state index contributed by atoms with van der Waals surface area (Å²) in [6.07, 6.45) is 2.93. The number of carbonyl (C=O) groups is 1. The number of nitrogens with zero attached hydrogens (tertiary/aromatic N) is 4. The second-order valence-corrected chi connectivity index (χ2v) is 8.20. The molecular weight excluding hydrogens is 467 g/mol. The highest BCUT2D eigenvalue weighted by atomic mass is 35.5. The van der Waals surface area contributed by atoms with Gasteiger partial charge >= 0.3 is 0 Å². The van der Waals surface area contributed by atoms with Crippen LogP contribution in [0.3, 0.4) is 0 Å². The number of nitriles is 1. The molecule has 1 heterocycles. The van der Waals surface area contributed by atoms with Crippen LogP contribution in [-0.2, 0) is 4.79 Å². The third-order valence-corrected chi connectivity index (χ3v) is 5.43. The van der Waals surface area contributed by atoms with Gasteiger partial charge in [0, 0.05) is 25.2 Å². The number of hydrogen-bond acceptors (Lipinski definition) is 6. The van der Waals surface area contributed by atoms with Gasteiger partial charge in [0.2, 0.25) is 0 Å². The van der Waals surface area contributed by atoms with Gasteiger partial charge in [0.25, 0.3) is 5.91 Å². The molecule has 4 aromatic rings. The van der Waals surface area contributed by atoms with Crippen molar-refractivity contribution >= 4 is 57.4 Å². The van der Waals surface area contributed by atoms with E-state index in [2.05, 4.69) is 20.6 Å². The predicted molar refractivity (Wildman–Crippen MR) is 137 cm³/mol. The van der Waals surface area contributed by atoms with E-state index in [0.29, 0.717) is 33.8 Å². The van der Waals surface area contributed by atoms with E-state index in [9.17, 15) is 14.4 Å². The zero-order valence-corrected chi connectivity index (χ0v) is 19.6. The molecule has 35 heavy (non-hydrogen) atoms. The minimum atomic E-state index is -0.546. The molecule has 2 N–H and O–H groups in total. The molecule has 4 rings (SSSR count). The molecule has 0 radical (unpaired) electrons. The number of anilines is 4. The Morgan fingerprint density at radius 2 is 1.89 bits per heavy atom. The fourth-order valence-electron chi connectivity index (χ4n) is 3.43. The van der Waals surface area contributed by atoms with Crippen molar-refractivity contribution in [2.45, 2.75) is 0 Å². The minimum Gasteiger partial charge on any atom is -0.376 e. The van der Waals surface area contributed by atoms with Gasteiger partial charge in [0.05, 0.1) is 21.9 Å². The maximum atomic E-state index is 13.6. The van der Waals surface area contributed by atoms with E-state index >= 15 is 0 Å². The van der Waals surface area contributed by atoms with Crippen molar-refractivity contribution in [2.24, 2.45) is 0 Å². The number of rotatable bonds is 6. The van der Waals surface area contributed by atoms with Gasteiger partial charge in [-0.1, -0.05) is 41.9 Å². The van der Waals surface area contributed by atoms with Crippen molar-refractivity contribution in [3.05, 3.63) is 89.0 Å². The number of hydrogen-bond donors (Lipinski definition) is 2. The number of fused-ring (bicyclic) bond motifs is 1. The number of benzene rings is 3. The van der Waals surface area contributed by atoms with Crippen LogP contribution in [0.1, 0.15) is 5.56 Å². The van der Waals surface area contributed by atoms with E-state index in [4.69, 9.17) is 11.6 Å². The lowest BCUT2D eigenvalue weighted by Crippen LogP contribution is -2.18. The number of amides is 1. The average molecular weight is 487 g/mol. The molecule has 7 nitrogen and oxygen atoms in total. The van der Waals surface area contributed by atoms with Gasteiger partial charge < -0.3 is 15.5 Å². The molecule has 0 atom stereocenters. The van der Waals surface area contributed by atoms with Crippen LogP contribution in [0.15, 0.2) is 72.6 Å². The minimum absolute atomic E-state index is 0.0227. The van der Waals surface area contributed by atoms with Crippen LogP contribution in [0, 0.1) is 17.1 Å². The number of halogens is 2. The zero-order chi connectivity index (χ0) is 24.9. The van der Waals surface area contributed by atoms with Gasteiger partial charge in [0.1, 0.15) is 29.6 Å². The summed E-state index contributed by atoms with van der Waals surface area (Å²) in [6, 6.07) is 18.9. The fraction of sp³-hybridized carbons (Fsp3) is 0.0769. The van der Waals surface area contributed by atoms with Crippen LogP contribution >= 0.6 is 11.6 Å². The average Bonchev–Trinajstić information content (AvgIpc) is 2.85. The van der Waals surface area contributed by atoms with E-state index in [1.807, 2.05) is 61.5 Å². The molecule has 9 heteroatoms. The Kier molecular flexibility index (Phi) is 6.90. The highest BCUT2D eigenvalue weighted by molar-refractivity contribution is 6.31.